The third kappa shape index (κ3) is 5.02. The molecule has 3 N–H and O–H groups in total. The molecule has 1 aromatic rings. The zero-order chi connectivity index (χ0) is 18.7. The Balaban J connectivity index is 3.40. The number of methoxy groups -OCH3 is 1. The zero-order valence-corrected chi connectivity index (χ0v) is 16.3. The average Bonchev–Trinajstić information content (AvgIpc) is 2.44. The summed E-state index contributed by atoms with van der Waals surface area (Å²) in [5, 5.41) is 2.69. The molecule has 1 rings (SSSR count). The molecule has 0 saturated carbocycles. The van der Waals surface area contributed by atoms with Gasteiger partial charge in [0.2, 0.25) is 5.91 Å². The van der Waals surface area contributed by atoms with Gasteiger partial charge in [-0.15, -0.1) is 0 Å². The highest BCUT2D eigenvalue weighted by Crippen LogP contribution is 2.40. The first kappa shape index (κ1) is 20.1. The molecule has 24 heavy (non-hydrogen) atoms. The van der Waals surface area contributed by atoms with Gasteiger partial charge in [0.1, 0.15) is 5.75 Å². The molecule has 0 fully saturated rings. The predicted molar refractivity (Wildman–Crippen MR) is 100 cm³/mol. The zero-order valence-electron chi connectivity index (χ0n) is 16.3. The second kappa shape index (κ2) is 7.29. The lowest BCUT2D eigenvalue weighted by molar-refractivity contribution is -0.119. The Hall–Kier alpha value is -1.97. The van der Waals surface area contributed by atoms with Gasteiger partial charge < -0.3 is 15.8 Å². The van der Waals surface area contributed by atoms with Crippen LogP contribution in [0.4, 0.5) is 0 Å². The van der Waals surface area contributed by atoms with Crippen LogP contribution < -0.4 is 15.8 Å². The number of nitrogens with two attached hydrogens (primary N) is 1. The fourth-order valence-electron chi connectivity index (χ4n) is 2.59. The summed E-state index contributed by atoms with van der Waals surface area (Å²) in [7, 11) is 1.71. The van der Waals surface area contributed by atoms with Gasteiger partial charge in [-0.25, -0.2) is 0 Å². The first-order valence-corrected chi connectivity index (χ1v) is 8.33. The van der Waals surface area contributed by atoms with Gasteiger partial charge in [-0.1, -0.05) is 53.7 Å². The molecule has 1 amide bonds. The van der Waals surface area contributed by atoms with Crippen molar-refractivity contribution in [2.45, 2.75) is 65.7 Å². The molecular weight excluding hydrogens is 300 g/mol. The quantitative estimate of drug-likeness (QED) is 0.882. The van der Waals surface area contributed by atoms with Crippen LogP contribution in [-0.4, -0.2) is 13.0 Å². The maximum atomic E-state index is 12.2. The van der Waals surface area contributed by atoms with Crippen molar-refractivity contribution < 1.29 is 9.53 Å². The van der Waals surface area contributed by atoms with Gasteiger partial charge in [0, 0.05) is 11.1 Å². The third-order valence-corrected chi connectivity index (χ3v) is 3.93. The normalized spacial score (nSPS) is 12.9. The van der Waals surface area contributed by atoms with Crippen molar-refractivity contribution in [3.63, 3.8) is 0 Å². The molecule has 0 radical (unpaired) electrons. The van der Waals surface area contributed by atoms with Crippen LogP contribution in [0.25, 0.3) is 0 Å². The van der Waals surface area contributed by atoms with Gasteiger partial charge in [-0.3, -0.25) is 4.79 Å². The summed E-state index contributed by atoms with van der Waals surface area (Å²) in [5.74, 6) is 1.17. The molecule has 0 atom stereocenters. The first-order valence-electron chi connectivity index (χ1n) is 8.33. The standard InChI is InChI=1S/C20H32N2O2/c1-9-16(21)22-17(23)12-13-10-14(19(2,3)4)18(24-8)15(11-13)20(5,6)7/h9-11H,12,21H2,1-8H3,(H,22,23). The van der Waals surface area contributed by atoms with E-state index in [4.69, 9.17) is 10.5 Å². The van der Waals surface area contributed by atoms with Crippen molar-refractivity contribution in [2.24, 2.45) is 5.73 Å². The molecule has 0 aliphatic heterocycles. The van der Waals surface area contributed by atoms with Crippen molar-refractivity contribution in [1.82, 2.24) is 5.32 Å². The Morgan fingerprint density at radius 2 is 1.58 bits per heavy atom. The highest BCUT2D eigenvalue weighted by atomic mass is 16.5. The highest BCUT2D eigenvalue weighted by molar-refractivity contribution is 5.80. The van der Waals surface area contributed by atoms with Crippen LogP contribution in [0.2, 0.25) is 0 Å². The van der Waals surface area contributed by atoms with Crippen LogP contribution in [0.3, 0.4) is 0 Å². The monoisotopic (exact) mass is 332 g/mol. The van der Waals surface area contributed by atoms with Crippen LogP contribution in [0, 0.1) is 0 Å². The molecule has 0 aromatic heterocycles. The first-order chi connectivity index (χ1) is 10.9. The van der Waals surface area contributed by atoms with E-state index in [0.717, 1.165) is 22.4 Å². The number of carbonyl (C=O) groups excluding carboxylic acids is 1. The fraction of sp³-hybridized carbons (Fsp3) is 0.550. The number of carbonyl (C=O) groups is 1. The minimum Gasteiger partial charge on any atom is -0.496 e. The Morgan fingerprint density at radius 1 is 1.12 bits per heavy atom. The smallest absolute Gasteiger partial charge is 0.229 e. The average molecular weight is 332 g/mol. The summed E-state index contributed by atoms with van der Waals surface area (Å²) < 4.78 is 5.74. The van der Waals surface area contributed by atoms with Crippen LogP contribution >= 0.6 is 0 Å². The molecule has 4 nitrogen and oxygen atoms in total. The third-order valence-electron chi connectivity index (χ3n) is 3.93. The van der Waals surface area contributed by atoms with Crippen LogP contribution in [0.15, 0.2) is 24.0 Å². The van der Waals surface area contributed by atoms with E-state index in [1.807, 2.05) is 0 Å². The van der Waals surface area contributed by atoms with Crippen LogP contribution in [0.1, 0.15) is 65.2 Å². The van der Waals surface area contributed by atoms with E-state index >= 15 is 0 Å². The van der Waals surface area contributed by atoms with Gasteiger partial charge in [0.05, 0.1) is 19.4 Å². The largest absolute Gasteiger partial charge is 0.496 e. The summed E-state index contributed by atoms with van der Waals surface area (Å²) >= 11 is 0. The molecule has 0 unspecified atom stereocenters. The summed E-state index contributed by atoms with van der Waals surface area (Å²) in [6, 6.07) is 4.14. The summed E-state index contributed by atoms with van der Waals surface area (Å²) in [4.78, 5) is 12.2. The number of hydrogen-bond acceptors (Lipinski definition) is 3. The minimum atomic E-state index is -0.115. The lowest BCUT2D eigenvalue weighted by Crippen LogP contribution is -2.29. The molecule has 0 aliphatic rings. The Labute approximate surface area is 146 Å². The molecule has 0 aliphatic carbocycles. The van der Waals surface area contributed by atoms with E-state index in [1.54, 1.807) is 20.1 Å². The molecule has 4 heteroatoms. The van der Waals surface area contributed by atoms with E-state index in [1.165, 1.54) is 0 Å². The fourth-order valence-corrected chi connectivity index (χ4v) is 2.59. The molecular formula is C20H32N2O2. The van der Waals surface area contributed by atoms with E-state index in [0.29, 0.717) is 5.82 Å². The number of allylic oxidation sites excluding steroid dienone is 1. The molecule has 0 spiro atoms. The second-order valence-electron chi connectivity index (χ2n) is 8.19. The maximum absolute atomic E-state index is 12.2. The van der Waals surface area contributed by atoms with Crippen molar-refractivity contribution in [3.8, 4) is 5.75 Å². The molecule has 0 bridgehead atoms. The van der Waals surface area contributed by atoms with Gasteiger partial charge in [0.15, 0.2) is 0 Å². The minimum absolute atomic E-state index is 0.0832. The van der Waals surface area contributed by atoms with Crippen molar-refractivity contribution in [1.29, 1.82) is 0 Å². The van der Waals surface area contributed by atoms with Crippen LogP contribution in [0.5, 0.6) is 5.75 Å². The second-order valence-corrected chi connectivity index (χ2v) is 8.19. The number of nitrogens with one attached hydrogen (secondary N) is 1. The summed E-state index contributed by atoms with van der Waals surface area (Å²) in [6.45, 7) is 14.7. The van der Waals surface area contributed by atoms with Gasteiger partial charge in [0.25, 0.3) is 0 Å². The Bertz CT molecular complexity index is 597. The topological polar surface area (TPSA) is 64.3 Å². The SMILES string of the molecule is CC=C(N)NC(=O)Cc1cc(C(C)(C)C)c(OC)c(C(C)(C)C)c1. The van der Waals surface area contributed by atoms with Crippen molar-refractivity contribution in [3.05, 3.63) is 40.7 Å². The van der Waals surface area contributed by atoms with E-state index < -0.39 is 0 Å². The Morgan fingerprint density at radius 3 is 1.92 bits per heavy atom. The van der Waals surface area contributed by atoms with Gasteiger partial charge >= 0.3 is 0 Å². The van der Waals surface area contributed by atoms with Crippen molar-refractivity contribution in [2.75, 3.05) is 7.11 Å². The number of benzene rings is 1. The molecule has 0 heterocycles. The molecule has 0 saturated heterocycles. The number of amides is 1. The maximum Gasteiger partial charge on any atom is 0.229 e. The summed E-state index contributed by atoms with van der Waals surface area (Å²) in [6.07, 6.45) is 1.96. The van der Waals surface area contributed by atoms with Gasteiger partial charge in [-0.2, -0.15) is 0 Å². The number of ether oxygens (including phenoxy) is 1. The number of hydrogen-bond donors (Lipinski definition) is 2. The molecule has 1 aromatic carbocycles. The predicted octanol–water partition coefficient (Wildman–Crippen LogP) is 3.77. The molecule has 134 valence electrons. The lowest BCUT2D eigenvalue weighted by Gasteiger charge is -2.30. The Kier molecular flexibility index (Phi) is 6.09. The van der Waals surface area contributed by atoms with Crippen LogP contribution in [-0.2, 0) is 22.0 Å². The van der Waals surface area contributed by atoms with E-state index in [-0.39, 0.29) is 23.2 Å². The van der Waals surface area contributed by atoms with Gasteiger partial charge in [-0.05, 0) is 29.4 Å². The lowest BCUT2D eigenvalue weighted by atomic mass is 9.78. The summed E-state index contributed by atoms with van der Waals surface area (Å²) in [5.41, 5.74) is 8.70. The van der Waals surface area contributed by atoms with Crippen molar-refractivity contribution >= 4 is 5.91 Å². The van der Waals surface area contributed by atoms with E-state index in [2.05, 4.69) is 59.0 Å². The van der Waals surface area contributed by atoms with E-state index in [9.17, 15) is 4.79 Å². The highest BCUT2D eigenvalue weighted by Gasteiger charge is 2.27. The number of rotatable bonds is 4.